The summed E-state index contributed by atoms with van der Waals surface area (Å²) in [6.45, 7) is 1.79. The lowest BCUT2D eigenvalue weighted by Crippen LogP contribution is -2.44. The summed E-state index contributed by atoms with van der Waals surface area (Å²) in [4.78, 5) is 25.8. The first-order valence-electron chi connectivity index (χ1n) is 11.2. The molecule has 1 aliphatic carbocycles. The second-order valence-electron chi connectivity index (χ2n) is 8.87. The first kappa shape index (κ1) is 21.5. The Morgan fingerprint density at radius 1 is 1.03 bits per heavy atom. The number of hydrogen-bond donors (Lipinski definition) is 2. The van der Waals surface area contributed by atoms with Crippen LogP contribution in [0.25, 0.3) is 11.2 Å². The van der Waals surface area contributed by atoms with E-state index in [-0.39, 0.29) is 11.5 Å². The van der Waals surface area contributed by atoms with E-state index in [9.17, 15) is 0 Å². The first-order valence-corrected chi connectivity index (χ1v) is 12.4. The number of aromatic nitrogens is 5. The molecule has 0 amide bonds. The molecule has 10 heteroatoms. The largest absolute Gasteiger partial charge is 0.382 e. The average molecular weight is 491 g/mol. The molecule has 1 spiro atoms. The van der Waals surface area contributed by atoms with Crippen molar-refractivity contribution in [1.82, 2.24) is 24.9 Å². The molecule has 4 aromatic rings. The fourth-order valence-corrected chi connectivity index (χ4v) is 6.09. The van der Waals surface area contributed by atoms with E-state index in [1.807, 2.05) is 36.7 Å². The Bertz CT molecular complexity index is 1390. The van der Waals surface area contributed by atoms with Crippen molar-refractivity contribution in [2.45, 2.75) is 35.2 Å². The van der Waals surface area contributed by atoms with Gasteiger partial charge in [-0.25, -0.2) is 19.9 Å². The van der Waals surface area contributed by atoms with Crippen molar-refractivity contribution >= 4 is 46.2 Å². The monoisotopic (exact) mass is 490 g/mol. The number of halogens is 1. The van der Waals surface area contributed by atoms with Crippen LogP contribution in [-0.2, 0) is 6.42 Å². The van der Waals surface area contributed by atoms with Gasteiger partial charge in [-0.2, -0.15) is 0 Å². The Kier molecular flexibility index (Phi) is 5.28. The Morgan fingerprint density at radius 3 is 2.71 bits per heavy atom. The number of hydrogen-bond acceptors (Lipinski definition) is 9. The number of piperidine rings is 1. The molecule has 1 fully saturated rings. The smallest absolute Gasteiger partial charge is 0.179 e. The van der Waals surface area contributed by atoms with Crippen molar-refractivity contribution in [2.24, 2.45) is 11.1 Å². The van der Waals surface area contributed by atoms with E-state index in [0.717, 1.165) is 59.3 Å². The normalized spacial score (nSPS) is 19.0. The lowest BCUT2D eigenvalue weighted by atomic mass is 9.73. The predicted molar refractivity (Wildman–Crippen MR) is 134 cm³/mol. The van der Waals surface area contributed by atoms with Gasteiger partial charge < -0.3 is 16.4 Å². The molecule has 8 nitrogen and oxygen atoms in total. The first-order chi connectivity index (χ1) is 16.5. The van der Waals surface area contributed by atoms with E-state index in [2.05, 4.69) is 30.9 Å². The molecule has 5 heterocycles. The lowest BCUT2D eigenvalue weighted by Gasteiger charge is -2.42. The number of nitrogen functional groups attached to an aromatic ring is 1. The molecular weight excluding hydrogens is 468 g/mol. The van der Waals surface area contributed by atoms with Gasteiger partial charge in [-0.1, -0.05) is 29.4 Å². The van der Waals surface area contributed by atoms with Gasteiger partial charge in [0.15, 0.2) is 5.65 Å². The number of anilines is 2. The maximum Gasteiger partial charge on any atom is 0.179 e. The standard InChI is InChI=1S/C24H23ClN8S/c25-20-17(5-9-29-22(20)27)34-19-4-3-15-23(32-19)30-13-18(31-15)33-10-6-24(7-11-33)12-16-14(21(24)26)2-1-8-28-16/h1-5,8-9,13,21H,6-7,10-12,26H2,(H2,27,29). The van der Waals surface area contributed by atoms with Crippen LogP contribution in [0.4, 0.5) is 11.6 Å². The van der Waals surface area contributed by atoms with Crippen LogP contribution in [-0.4, -0.2) is 38.0 Å². The van der Waals surface area contributed by atoms with Crippen molar-refractivity contribution < 1.29 is 0 Å². The number of nitrogens with zero attached hydrogens (tertiary/aromatic N) is 6. The van der Waals surface area contributed by atoms with E-state index in [4.69, 9.17) is 28.1 Å². The van der Waals surface area contributed by atoms with Gasteiger partial charge in [0.1, 0.15) is 22.2 Å². The van der Waals surface area contributed by atoms with Crippen molar-refractivity contribution in [3.8, 4) is 0 Å². The van der Waals surface area contributed by atoms with Crippen LogP contribution in [0.15, 0.2) is 58.8 Å². The minimum atomic E-state index is 0.0467. The zero-order valence-electron chi connectivity index (χ0n) is 18.4. The van der Waals surface area contributed by atoms with Crippen LogP contribution >= 0.6 is 23.4 Å². The summed E-state index contributed by atoms with van der Waals surface area (Å²) in [5, 5.41) is 1.20. The molecule has 0 saturated carbocycles. The van der Waals surface area contributed by atoms with Crippen molar-refractivity contribution in [3.05, 3.63) is 65.2 Å². The maximum absolute atomic E-state index is 6.69. The molecule has 0 radical (unpaired) electrons. The van der Waals surface area contributed by atoms with E-state index in [1.165, 1.54) is 17.3 Å². The van der Waals surface area contributed by atoms with Crippen LogP contribution in [0.5, 0.6) is 0 Å². The van der Waals surface area contributed by atoms with Crippen molar-refractivity contribution in [1.29, 1.82) is 0 Å². The summed E-state index contributed by atoms with van der Waals surface area (Å²) in [7, 11) is 0. The Morgan fingerprint density at radius 2 is 1.88 bits per heavy atom. The minimum Gasteiger partial charge on any atom is -0.382 e. The molecule has 1 saturated heterocycles. The van der Waals surface area contributed by atoms with E-state index < -0.39 is 0 Å². The maximum atomic E-state index is 6.69. The highest BCUT2D eigenvalue weighted by Crippen LogP contribution is 2.50. The van der Waals surface area contributed by atoms with Crippen LogP contribution in [0.3, 0.4) is 0 Å². The molecule has 2 aliphatic rings. The van der Waals surface area contributed by atoms with Gasteiger partial charge in [0.2, 0.25) is 0 Å². The molecule has 0 aromatic carbocycles. The third kappa shape index (κ3) is 3.64. The lowest BCUT2D eigenvalue weighted by molar-refractivity contribution is 0.186. The highest BCUT2D eigenvalue weighted by molar-refractivity contribution is 7.99. The third-order valence-electron chi connectivity index (χ3n) is 6.98. The highest BCUT2D eigenvalue weighted by Gasteiger charge is 2.46. The molecule has 1 unspecified atom stereocenters. The van der Waals surface area contributed by atoms with Gasteiger partial charge >= 0.3 is 0 Å². The quantitative estimate of drug-likeness (QED) is 0.438. The summed E-state index contributed by atoms with van der Waals surface area (Å²) in [6.07, 6.45) is 8.28. The van der Waals surface area contributed by atoms with E-state index in [1.54, 1.807) is 6.20 Å². The number of pyridine rings is 3. The molecule has 6 rings (SSSR count). The Balaban J connectivity index is 1.18. The van der Waals surface area contributed by atoms with Crippen molar-refractivity contribution in [3.63, 3.8) is 0 Å². The summed E-state index contributed by atoms with van der Waals surface area (Å²) >= 11 is 7.69. The molecule has 4 aromatic heterocycles. The second-order valence-corrected chi connectivity index (χ2v) is 10.3. The molecule has 34 heavy (non-hydrogen) atoms. The van der Waals surface area contributed by atoms with Gasteiger partial charge in [-0.3, -0.25) is 4.98 Å². The van der Waals surface area contributed by atoms with E-state index >= 15 is 0 Å². The fraction of sp³-hybridized carbons (Fsp3) is 0.292. The highest BCUT2D eigenvalue weighted by atomic mass is 35.5. The molecule has 172 valence electrons. The van der Waals surface area contributed by atoms with Crippen LogP contribution in [0.1, 0.15) is 30.1 Å². The fourth-order valence-electron chi connectivity index (χ4n) is 5.04. The SMILES string of the molecule is Nc1nccc(Sc2ccc3nc(N4CCC5(CC4)Cc4ncccc4C5N)cnc3n2)c1Cl. The van der Waals surface area contributed by atoms with E-state index in [0.29, 0.717) is 16.5 Å². The zero-order chi connectivity index (χ0) is 23.3. The molecule has 4 N–H and O–H groups in total. The molecule has 1 aliphatic heterocycles. The van der Waals surface area contributed by atoms with Gasteiger partial charge in [-0.05, 0) is 54.5 Å². The summed E-state index contributed by atoms with van der Waals surface area (Å²) in [5.41, 5.74) is 16.3. The van der Waals surface area contributed by atoms with Gasteiger partial charge in [0.25, 0.3) is 0 Å². The number of rotatable bonds is 3. The van der Waals surface area contributed by atoms with Gasteiger partial charge in [-0.15, -0.1) is 0 Å². The van der Waals surface area contributed by atoms with Crippen LogP contribution in [0.2, 0.25) is 5.02 Å². The average Bonchev–Trinajstić information content (AvgIpc) is 3.13. The van der Waals surface area contributed by atoms with Crippen molar-refractivity contribution in [2.75, 3.05) is 23.7 Å². The second kappa shape index (κ2) is 8.33. The molecular formula is C24H23ClN8S. The molecule has 0 bridgehead atoms. The van der Waals surface area contributed by atoms with Gasteiger partial charge in [0.05, 0.1) is 11.2 Å². The number of nitrogens with two attached hydrogens (primary N) is 2. The topological polar surface area (TPSA) is 120 Å². The van der Waals surface area contributed by atoms with Gasteiger partial charge in [0, 0.05) is 42.1 Å². The third-order valence-corrected chi connectivity index (χ3v) is 8.49. The Labute approximate surface area is 206 Å². The van der Waals surface area contributed by atoms with Crippen LogP contribution in [0, 0.1) is 5.41 Å². The summed E-state index contributed by atoms with van der Waals surface area (Å²) < 4.78 is 0. The molecule has 1 atom stereocenters. The number of fused-ring (bicyclic) bond motifs is 2. The predicted octanol–water partition coefficient (Wildman–Crippen LogP) is 4.04. The minimum absolute atomic E-state index is 0.0467. The van der Waals surface area contributed by atoms with Crippen LogP contribution < -0.4 is 16.4 Å². The summed E-state index contributed by atoms with van der Waals surface area (Å²) in [5.74, 6) is 1.18. The Hall–Kier alpha value is -3.01. The summed E-state index contributed by atoms with van der Waals surface area (Å²) in [6, 6.07) is 9.84. The zero-order valence-corrected chi connectivity index (χ0v) is 19.9.